The van der Waals surface area contributed by atoms with Gasteiger partial charge in [-0.25, -0.2) is 4.99 Å². The highest BCUT2D eigenvalue weighted by Gasteiger charge is 2.22. The van der Waals surface area contributed by atoms with Crippen molar-refractivity contribution in [1.82, 2.24) is 0 Å². The van der Waals surface area contributed by atoms with Crippen molar-refractivity contribution >= 4 is 5.90 Å². The third-order valence-corrected chi connectivity index (χ3v) is 2.90. The average molecular weight is 219 g/mol. The van der Waals surface area contributed by atoms with Gasteiger partial charge in [0.15, 0.2) is 0 Å². The van der Waals surface area contributed by atoms with Crippen LogP contribution in [0.4, 0.5) is 0 Å². The fraction of sp³-hybridized carbons (Fsp3) is 0.462. The molecule has 3 nitrogen and oxygen atoms in total. The number of aliphatic imine (C=N–C) groups is 1. The number of rotatable bonds is 2. The zero-order valence-electron chi connectivity index (χ0n) is 9.90. The second-order valence-electron chi connectivity index (χ2n) is 4.56. The van der Waals surface area contributed by atoms with Crippen molar-refractivity contribution in [3.05, 3.63) is 29.3 Å². The number of hydrogen-bond donors (Lipinski definition) is 1. The maximum atomic E-state index is 9.62. The Morgan fingerprint density at radius 2 is 2.19 bits per heavy atom. The fourth-order valence-corrected chi connectivity index (χ4v) is 1.63. The molecule has 0 fully saturated rings. The first kappa shape index (κ1) is 11.0. The lowest BCUT2D eigenvalue weighted by Gasteiger charge is -2.06. The van der Waals surface area contributed by atoms with E-state index in [1.165, 1.54) is 0 Å². The van der Waals surface area contributed by atoms with E-state index in [0.717, 1.165) is 11.1 Å². The Morgan fingerprint density at radius 1 is 1.44 bits per heavy atom. The Bertz CT molecular complexity index is 424. The van der Waals surface area contributed by atoms with Crippen LogP contribution in [0.1, 0.15) is 25.0 Å². The number of aryl methyl sites for hydroxylation is 1. The first-order valence-corrected chi connectivity index (χ1v) is 5.58. The van der Waals surface area contributed by atoms with Crippen LogP contribution in [0, 0.1) is 12.8 Å². The van der Waals surface area contributed by atoms with E-state index < -0.39 is 0 Å². The molecule has 0 bridgehead atoms. The Morgan fingerprint density at radius 3 is 2.75 bits per heavy atom. The van der Waals surface area contributed by atoms with Crippen LogP contribution < -0.4 is 0 Å². The quantitative estimate of drug-likeness (QED) is 0.830. The molecule has 1 aromatic carbocycles. The monoisotopic (exact) mass is 219 g/mol. The van der Waals surface area contributed by atoms with Gasteiger partial charge in [0, 0.05) is 5.56 Å². The van der Waals surface area contributed by atoms with Crippen molar-refractivity contribution in [2.45, 2.75) is 26.8 Å². The van der Waals surface area contributed by atoms with Gasteiger partial charge in [0.2, 0.25) is 5.90 Å². The molecule has 0 aromatic heterocycles. The van der Waals surface area contributed by atoms with Crippen LogP contribution in [0.25, 0.3) is 0 Å². The summed E-state index contributed by atoms with van der Waals surface area (Å²) in [4.78, 5) is 4.51. The number of phenols is 1. The Labute approximate surface area is 95.8 Å². The van der Waals surface area contributed by atoms with Crippen LogP contribution in [0.5, 0.6) is 5.75 Å². The summed E-state index contributed by atoms with van der Waals surface area (Å²) < 4.78 is 5.55. The molecule has 1 aromatic rings. The predicted molar refractivity (Wildman–Crippen MR) is 64.0 cm³/mol. The van der Waals surface area contributed by atoms with E-state index in [1.54, 1.807) is 6.07 Å². The van der Waals surface area contributed by atoms with E-state index in [2.05, 4.69) is 18.8 Å². The van der Waals surface area contributed by atoms with Gasteiger partial charge >= 0.3 is 0 Å². The molecule has 1 N–H and O–H groups in total. The molecule has 0 radical (unpaired) electrons. The third kappa shape index (κ3) is 2.03. The van der Waals surface area contributed by atoms with Gasteiger partial charge in [-0.05, 0) is 30.5 Å². The van der Waals surface area contributed by atoms with Crippen LogP contribution in [-0.2, 0) is 4.74 Å². The van der Waals surface area contributed by atoms with E-state index in [0.29, 0.717) is 18.4 Å². The Hall–Kier alpha value is -1.51. The molecule has 0 amide bonds. The molecule has 1 aliphatic heterocycles. The number of ether oxygens (including phenoxy) is 1. The molecule has 86 valence electrons. The van der Waals surface area contributed by atoms with Crippen molar-refractivity contribution in [1.29, 1.82) is 0 Å². The number of aromatic hydroxyl groups is 1. The summed E-state index contributed by atoms with van der Waals surface area (Å²) in [5, 5.41) is 9.62. The van der Waals surface area contributed by atoms with Crippen molar-refractivity contribution < 1.29 is 9.84 Å². The molecule has 0 aliphatic carbocycles. The summed E-state index contributed by atoms with van der Waals surface area (Å²) >= 11 is 0. The number of phenolic OH excluding ortho intramolecular Hbond substituents is 1. The molecule has 16 heavy (non-hydrogen) atoms. The zero-order chi connectivity index (χ0) is 11.7. The SMILES string of the molecule is Cc1ccc(C2=N[C@@H](C(C)C)CO2)cc1O. The molecular weight excluding hydrogens is 202 g/mol. The van der Waals surface area contributed by atoms with Gasteiger partial charge in [-0.15, -0.1) is 0 Å². The number of nitrogens with zero attached hydrogens (tertiary/aromatic N) is 1. The lowest BCUT2D eigenvalue weighted by atomic mass is 10.1. The normalized spacial score (nSPS) is 19.8. The second kappa shape index (κ2) is 4.16. The van der Waals surface area contributed by atoms with E-state index in [9.17, 15) is 5.11 Å². The van der Waals surface area contributed by atoms with Crippen LogP contribution >= 0.6 is 0 Å². The predicted octanol–water partition coefficient (Wildman–Crippen LogP) is 2.50. The van der Waals surface area contributed by atoms with Gasteiger partial charge in [0.1, 0.15) is 12.4 Å². The average Bonchev–Trinajstić information content (AvgIpc) is 2.71. The summed E-state index contributed by atoms with van der Waals surface area (Å²) in [6.07, 6.45) is 0. The molecule has 1 heterocycles. The topological polar surface area (TPSA) is 41.8 Å². The first-order chi connectivity index (χ1) is 7.58. The molecule has 1 aliphatic rings. The van der Waals surface area contributed by atoms with E-state index in [4.69, 9.17) is 4.74 Å². The van der Waals surface area contributed by atoms with Crippen molar-refractivity contribution in [3.8, 4) is 5.75 Å². The smallest absolute Gasteiger partial charge is 0.216 e. The molecular formula is C13H17NO2. The zero-order valence-corrected chi connectivity index (χ0v) is 9.90. The van der Waals surface area contributed by atoms with Gasteiger partial charge in [-0.3, -0.25) is 0 Å². The van der Waals surface area contributed by atoms with Crippen LogP contribution in [0.3, 0.4) is 0 Å². The summed E-state index contributed by atoms with van der Waals surface area (Å²) in [5.74, 6) is 1.42. The van der Waals surface area contributed by atoms with Crippen molar-refractivity contribution in [3.63, 3.8) is 0 Å². The van der Waals surface area contributed by atoms with Gasteiger partial charge < -0.3 is 9.84 Å². The highest BCUT2D eigenvalue weighted by atomic mass is 16.5. The van der Waals surface area contributed by atoms with E-state index in [-0.39, 0.29) is 11.8 Å². The van der Waals surface area contributed by atoms with Gasteiger partial charge in [0.25, 0.3) is 0 Å². The van der Waals surface area contributed by atoms with Gasteiger partial charge in [-0.1, -0.05) is 19.9 Å². The number of hydrogen-bond acceptors (Lipinski definition) is 3. The van der Waals surface area contributed by atoms with Gasteiger partial charge in [-0.2, -0.15) is 0 Å². The minimum absolute atomic E-state index is 0.235. The highest BCUT2D eigenvalue weighted by Crippen LogP contribution is 2.22. The highest BCUT2D eigenvalue weighted by molar-refractivity contribution is 5.95. The van der Waals surface area contributed by atoms with Crippen molar-refractivity contribution in [2.75, 3.05) is 6.61 Å². The van der Waals surface area contributed by atoms with Crippen LogP contribution in [-0.4, -0.2) is 23.7 Å². The summed E-state index contributed by atoms with van der Waals surface area (Å²) in [6.45, 7) is 6.77. The minimum Gasteiger partial charge on any atom is -0.508 e. The summed E-state index contributed by atoms with van der Waals surface area (Å²) in [7, 11) is 0. The van der Waals surface area contributed by atoms with Crippen LogP contribution in [0.15, 0.2) is 23.2 Å². The Balaban J connectivity index is 2.25. The molecule has 0 saturated carbocycles. The molecule has 0 spiro atoms. The molecule has 0 unspecified atom stereocenters. The number of benzene rings is 1. The summed E-state index contributed by atoms with van der Waals surface area (Å²) in [5.41, 5.74) is 1.72. The standard InChI is InChI=1S/C13H17NO2/c1-8(2)11-7-16-13(14-11)10-5-4-9(3)12(15)6-10/h4-6,8,11,15H,7H2,1-3H3/t11-/m1/s1. The van der Waals surface area contributed by atoms with Crippen LogP contribution in [0.2, 0.25) is 0 Å². The molecule has 2 rings (SSSR count). The van der Waals surface area contributed by atoms with E-state index >= 15 is 0 Å². The maximum Gasteiger partial charge on any atom is 0.216 e. The molecule has 0 saturated heterocycles. The second-order valence-corrected chi connectivity index (χ2v) is 4.56. The first-order valence-electron chi connectivity index (χ1n) is 5.58. The largest absolute Gasteiger partial charge is 0.508 e. The summed E-state index contributed by atoms with van der Waals surface area (Å²) in [6, 6.07) is 5.74. The van der Waals surface area contributed by atoms with Crippen molar-refractivity contribution in [2.24, 2.45) is 10.9 Å². The maximum absolute atomic E-state index is 9.62. The molecule has 1 atom stereocenters. The molecule has 3 heteroatoms. The van der Waals surface area contributed by atoms with E-state index in [1.807, 2.05) is 19.1 Å². The lowest BCUT2D eigenvalue weighted by Crippen LogP contribution is -2.13. The lowest BCUT2D eigenvalue weighted by molar-refractivity contribution is 0.291. The minimum atomic E-state index is 0.235. The Kier molecular flexibility index (Phi) is 2.86. The van der Waals surface area contributed by atoms with Gasteiger partial charge in [0.05, 0.1) is 6.04 Å². The fourth-order valence-electron chi connectivity index (χ4n) is 1.63. The third-order valence-electron chi connectivity index (χ3n) is 2.90.